The van der Waals surface area contributed by atoms with E-state index < -0.39 is 46.5 Å². The molecule has 0 aromatic carbocycles. The minimum absolute atomic E-state index is 0.0532. The Hall–Kier alpha value is -2.05. The molecule has 5 saturated carbocycles. The first-order valence-electron chi connectivity index (χ1n) is 10.4. The number of Topliss-reactive ketones (excluding diaryl/α,β-unsaturated/α-hetero) is 1. The van der Waals surface area contributed by atoms with Crippen molar-refractivity contribution >= 4 is 29.7 Å². The van der Waals surface area contributed by atoms with Gasteiger partial charge >= 0.3 is 23.9 Å². The van der Waals surface area contributed by atoms with Crippen LogP contribution in [0, 0.1) is 58.2 Å². The van der Waals surface area contributed by atoms with Crippen LogP contribution in [0.25, 0.3) is 0 Å². The number of esters is 4. The second-order valence-electron chi connectivity index (χ2n) is 10.3. The number of ketones is 1. The van der Waals surface area contributed by atoms with E-state index in [-0.39, 0.29) is 41.3 Å². The number of carbonyl (C=O) groups excluding carboxylic acids is 5. The molecule has 146 valence electrons. The van der Waals surface area contributed by atoms with Crippen LogP contribution in [0.4, 0.5) is 0 Å². The van der Waals surface area contributed by atoms with E-state index in [1.165, 1.54) is 0 Å². The first-order chi connectivity index (χ1) is 13.4. The minimum atomic E-state index is -0.554. The summed E-state index contributed by atoms with van der Waals surface area (Å²) < 4.78 is 9.82. The maximum absolute atomic E-state index is 14.0. The van der Waals surface area contributed by atoms with Crippen molar-refractivity contribution in [2.45, 2.75) is 38.5 Å². The number of carbonyl (C=O) groups is 5. The third-order valence-corrected chi connectivity index (χ3v) is 9.85. The summed E-state index contributed by atoms with van der Waals surface area (Å²) >= 11 is 0. The first kappa shape index (κ1) is 15.8. The zero-order valence-electron chi connectivity index (χ0n) is 15.2. The van der Waals surface area contributed by atoms with Gasteiger partial charge in [0.2, 0.25) is 0 Å². The summed E-state index contributed by atoms with van der Waals surface area (Å²) in [5.74, 6) is -3.28. The average Bonchev–Trinajstić information content (AvgIpc) is 3.46. The van der Waals surface area contributed by atoms with Crippen molar-refractivity contribution in [2.24, 2.45) is 58.2 Å². The number of rotatable bonds is 0. The molecule has 7 aliphatic rings. The van der Waals surface area contributed by atoms with Crippen LogP contribution in [0.1, 0.15) is 38.5 Å². The van der Waals surface area contributed by atoms with Crippen LogP contribution in [-0.4, -0.2) is 29.7 Å². The molecular formula is C21H20O7. The van der Waals surface area contributed by atoms with E-state index in [1.54, 1.807) is 0 Å². The molecule has 7 heteroatoms. The monoisotopic (exact) mass is 384 g/mol. The van der Waals surface area contributed by atoms with E-state index in [2.05, 4.69) is 0 Å². The van der Waals surface area contributed by atoms with Crippen LogP contribution in [0.2, 0.25) is 0 Å². The number of cyclic esters (lactones) is 4. The third-order valence-electron chi connectivity index (χ3n) is 9.85. The molecule has 2 saturated heterocycles. The molecule has 0 aromatic rings. The SMILES string of the molecule is O=C1OC(=O)[C@@H]2C1[C@H]1C[C@H]2C[C@]12CC[C@@]1(C[C@@H]3C[C@H]1C1C(=O)OC(=O)[C@H]13)C2=O. The molecule has 0 amide bonds. The third kappa shape index (κ3) is 1.40. The molecule has 5 aliphatic carbocycles. The summed E-state index contributed by atoms with van der Waals surface area (Å²) in [6, 6.07) is 0. The molecule has 4 bridgehead atoms. The standard InChI is InChI=1S/C21H20O7/c22-15-11-7-3-9(13(11)17(24)27-15)20(5-7)1-2-21(19(20)26)6-8-4-10(21)14-12(8)16(23)28-18(14)25/h7-14H,1-6H2/t7-,8-,9-,10+,11-,12-,13?,14?,20-,21+/m0/s1. The van der Waals surface area contributed by atoms with Crippen molar-refractivity contribution < 1.29 is 33.4 Å². The van der Waals surface area contributed by atoms with E-state index in [0.29, 0.717) is 12.8 Å². The molecule has 10 atom stereocenters. The number of fused-ring (bicyclic) bond motifs is 12. The summed E-state index contributed by atoms with van der Waals surface area (Å²) in [5, 5.41) is 0. The summed E-state index contributed by atoms with van der Waals surface area (Å²) in [6.07, 6.45) is 4.27. The quantitative estimate of drug-likeness (QED) is 0.454. The highest BCUT2D eigenvalue weighted by Gasteiger charge is 2.78. The smallest absolute Gasteiger partial charge is 0.317 e. The maximum Gasteiger partial charge on any atom is 0.317 e. The zero-order valence-corrected chi connectivity index (χ0v) is 15.2. The predicted molar refractivity (Wildman–Crippen MR) is 87.7 cm³/mol. The summed E-state index contributed by atoms with van der Waals surface area (Å²) in [4.78, 5) is 62.8. The predicted octanol–water partition coefficient (Wildman–Crippen LogP) is 1.03. The Morgan fingerprint density at radius 2 is 1.00 bits per heavy atom. The largest absolute Gasteiger partial charge is 0.393 e. The van der Waals surface area contributed by atoms with Gasteiger partial charge in [0.25, 0.3) is 0 Å². The molecule has 7 fully saturated rings. The van der Waals surface area contributed by atoms with Gasteiger partial charge in [0, 0.05) is 10.8 Å². The van der Waals surface area contributed by atoms with Gasteiger partial charge in [0.15, 0.2) is 0 Å². The Morgan fingerprint density at radius 3 is 1.43 bits per heavy atom. The first-order valence-corrected chi connectivity index (χ1v) is 10.4. The molecule has 2 spiro atoms. The summed E-state index contributed by atoms with van der Waals surface area (Å²) in [5.41, 5.74) is -1.11. The van der Waals surface area contributed by atoms with Crippen molar-refractivity contribution in [1.82, 2.24) is 0 Å². The van der Waals surface area contributed by atoms with Gasteiger partial charge in [0.05, 0.1) is 23.7 Å². The van der Waals surface area contributed by atoms with Crippen molar-refractivity contribution in [3.63, 3.8) is 0 Å². The van der Waals surface area contributed by atoms with Crippen LogP contribution in [0.3, 0.4) is 0 Å². The molecule has 7 rings (SSSR count). The fourth-order valence-electron chi connectivity index (χ4n) is 9.16. The van der Waals surface area contributed by atoms with Gasteiger partial charge in [-0.1, -0.05) is 0 Å². The van der Waals surface area contributed by atoms with Crippen molar-refractivity contribution in [3.05, 3.63) is 0 Å². The van der Waals surface area contributed by atoms with Gasteiger partial charge < -0.3 is 9.47 Å². The fourth-order valence-corrected chi connectivity index (χ4v) is 9.16. The molecule has 0 N–H and O–H groups in total. The molecule has 28 heavy (non-hydrogen) atoms. The van der Waals surface area contributed by atoms with Crippen molar-refractivity contribution in [3.8, 4) is 0 Å². The highest BCUT2D eigenvalue weighted by molar-refractivity contribution is 6.02. The lowest BCUT2D eigenvalue weighted by molar-refractivity contribution is -0.156. The highest BCUT2D eigenvalue weighted by Crippen LogP contribution is 2.75. The lowest BCUT2D eigenvalue weighted by Gasteiger charge is -2.41. The van der Waals surface area contributed by atoms with E-state index in [4.69, 9.17) is 9.47 Å². The van der Waals surface area contributed by atoms with Crippen molar-refractivity contribution in [1.29, 1.82) is 0 Å². The van der Waals surface area contributed by atoms with E-state index in [1.807, 2.05) is 0 Å². The lowest BCUT2D eigenvalue weighted by atomic mass is 9.58. The normalized spacial score (nSPS) is 57.6. The zero-order chi connectivity index (χ0) is 19.2. The Kier molecular flexibility index (Phi) is 2.49. The van der Waals surface area contributed by atoms with E-state index in [9.17, 15) is 24.0 Å². The maximum atomic E-state index is 14.0. The topological polar surface area (TPSA) is 104 Å². The van der Waals surface area contributed by atoms with Crippen molar-refractivity contribution in [2.75, 3.05) is 0 Å². The molecule has 0 radical (unpaired) electrons. The molecule has 2 heterocycles. The Balaban J connectivity index is 1.27. The van der Waals surface area contributed by atoms with Crippen LogP contribution >= 0.6 is 0 Å². The minimum Gasteiger partial charge on any atom is -0.393 e. The summed E-state index contributed by atoms with van der Waals surface area (Å²) in [6.45, 7) is 0. The van der Waals surface area contributed by atoms with Crippen LogP contribution in [0.5, 0.6) is 0 Å². The number of ether oxygens (including phenoxy) is 2. The van der Waals surface area contributed by atoms with Crippen LogP contribution in [0.15, 0.2) is 0 Å². The molecular weight excluding hydrogens is 364 g/mol. The molecule has 7 nitrogen and oxygen atoms in total. The Bertz CT molecular complexity index is 850. The van der Waals surface area contributed by atoms with Gasteiger partial charge in [-0.3, -0.25) is 24.0 Å². The van der Waals surface area contributed by atoms with E-state index >= 15 is 0 Å². The van der Waals surface area contributed by atoms with Gasteiger partial charge in [-0.2, -0.15) is 0 Å². The molecule has 0 aromatic heterocycles. The summed E-state index contributed by atoms with van der Waals surface area (Å²) in [7, 11) is 0. The lowest BCUT2D eigenvalue weighted by Crippen LogP contribution is -2.48. The second kappa shape index (κ2) is 4.41. The van der Waals surface area contributed by atoms with Crippen LogP contribution < -0.4 is 0 Å². The van der Waals surface area contributed by atoms with Gasteiger partial charge in [0.1, 0.15) is 5.78 Å². The molecule has 2 unspecified atom stereocenters. The van der Waals surface area contributed by atoms with Gasteiger partial charge in [-0.25, -0.2) is 0 Å². The van der Waals surface area contributed by atoms with Crippen LogP contribution in [-0.2, 0) is 33.4 Å². The fraction of sp³-hybridized carbons (Fsp3) is 0.762. The van der Waals surface area contributed by atoms with Gasteiger partial charge in [-0.15, -0.1) is 0 Å². The highest BCUT2D eigenvalue weighted by atomic mass is 16.6. The van der Waals surface area contributed by atoms with E-state index in [0.717, 1.165) is 25.7 Å². The van der Waals surface area contributed by atoms with Gasteiger partial charge in [-0.05, 0) is 62.2 Å². The average molecular weight is 384 g/mol. The second-order valence-corrected chi connectivity index (χ2v) is 10.3. The number of hydrogen-bond acceptors (Lipinski definition) is 7. The Morgan fingerprint density at radius 1 is 0.607 bits per heavy atom. The number of hydrogen-bond donors (Lipinski definition) is 0. The Labute approximate surface area is 160 Å². The molecule has 2 aliphatic heterocycles.